The molecule has 2 aromatic rings. The topological polar surface area (TPSA) is 92.5 Å². The maximum absolute atomic E-state index is 11.3. The van der Waals surface area contributed by atoms with Crippen LogP contribution in [0.15, 0.2) is 82.6 Å². The molecule has 206 valence electrons. The van der Waals surface area contributed by atoms with Gasteiger partial charge in [0.25, 0.3) is 11.4 Å². The molecular formula is C31H32ClN4O4+. The van der Waals surface area contributed by atoms with E-state index in [1.165, 1.54) is 0 Å². The van der Waals surface area contributed by atoms with Crippen LogP contribution >= 0.6 is 11.6 Å². The molecule has 2 aliphatic heterocycles. The fourth-order valence-corrected chi connectivity index (χ4v) is 6.56. The van der Waals surface area contributed by atoms with Crippen LogP contribution in [-0.2, 0) is 10.8 Å². The zero-order valence-electron chi connectivity index (χ0n) is 23.5. The van der Waals surface area contributed by atoms with Gasteiger partial charge in [0.2, 0.25) is 5.69 Å². The summed E-state index contributed by atoms with van der Waals surface area (Å²) in [6.45, 7) is 8.31. The van der Waals surface area contributed by atoms with E-state index < -0.39 is 10.8 Å². The minimum atomic E-state index is -0.399. The Labute approximate surface area is 238 Å². The number of nitro groups is 2. The summed E-state index contributed by atoms with van der Waals surface area (Å²) >= 11 is 6.86. The van der Waals surface area contributed by atoms with E-state index in [1.807, 2.05) is 26.2 Å². The number of non-ortho nitro benzene ring substituents is 2. The van der Waals surface area contributed by atoms with Crippen molar-refractivity contribution < 1.29 is 14.4 Å². The number of hydrogen-bond acceptors (Lipinski definition) is 5. The third kappa shape index (κ3) is 4.27. The first-order valence-electron chi connectivity index (χ1n) is 13.2. The molecule has 0 saturated carbocycles. The summed E-state index contributed by atoms with van der Waals surface area (Å²) in [7, 11) is 3.96. The molecule has 8 nitrogen and oxygen atoms in total. The molecule has 3 aliphatic rings. The molecule has 0 spiro atoms. The van der Waals surface area contributed by atoms with E-state index in [4.69, 9.17) is 11.6 Å². The molecule has 5 rings (SSSR count). The van der Waals surface area contributed by atoms with Gasteiger partial charge in [-0.2, -0.15) is 4.58 Å². The number of hydrogen-bond donors (Lipinski definition) is 0. The molecule has 0 bridgehead atoms. The normalized spacial score (nSPS) is 21.2. The maximum Gasteiger partial charge on any atom is 0.270 e. The molecule has 2 aromatic carbocycles. The van der Waals surface area contributed by atoms with Gasteiger partial charge >= 0.3 is 0 Å². The molecule has 0 unspecified atom stereocenters. The number of anilines is 1. The standard InChI is InChI=1S/C31H32ClN4O4/c1-30(2)23-17-21(35(37)38)11-13-25(23)33(5)27(30)15-9-19-7-8-20(29(19)32)10-16-28-31(3,4)24-18-22(36(39)40)12-14-26(24)34(28)6/h9-18H,7-8H2,1-6H3/q+1. The van der Waals surface area contributed by atoms with E-state index in [0.29, 0.717) is 0 Å². The second-order valence-corrected chi connectivity index (χ2v) is 12.0. The molecular weight excluding hydrogens is 528 g/mol. The van der Waals surface area contributed by atoms with E-state index in [-0.39, 0.29) is 21.2 Å². The Morgan fingerprint density at radius 2 is 1.52 bits per heavy atom. The van der Waals surface area contributed by atoms with Crippen molar-refractivity contribution in [3.63, 3.8) is 0 Å². The Bertz CT molecular complexity index is 1640. The number of allylic oxidation sites excluding steroid dienone is 8. The Kier molecular flexibility index (Phi) is 6.57. The molecule has 0 amide bonds. The molecule has 9 heteroatoms. The number of rotatable bonds is 5. The quantitative estimate of drug-likeness (QED) is 0.214. The number of likely N-dealkylation sites (N-methyl/N-ethyl adjacent to an activating group) is 1. The van der Waals surface area contributed by atoms with Crippen LogP contribution in [0.25, 0.3) is 0 Å². The van der Waals surface area contributed by atoms with Gasteiger partial charge in [-0.1, -0.05) is 37.6 Å². The SMILES string of the molecule is CN1/C(=C/C=C2\CCC(/C=C/C3=[N+](C)c4ccc([N+](=O)[O-])cc4C3(C)C)=C2Cl)C(C)(C)c2cc([N+](=O)[O-])ccc21. The second-order valence-electron chi connectivity index (χ2n) is 11.6. The monoisotopic (exact) mass is 559 g/mol. The molecule has 2 heterocycles. The lowest BCUT2D eigenvalue weighted by atomic mass is 9.81. The van der Waals surface area contributed by atoms with Gasteiger partial charge in [-0.3, -0.25) is 20.2 Å². The Morgan fingerprint density at radius 1 is 0.900 bits per heavy atom. The Hall–Kier alpha value is -4.04. The summed E-state index contributed by atoms with van der Waals surface area (Å²) < 4.78 is 2.08. The fraction of sp³-hybridized carbons (Fsp3) is 0.323. The number of halogens is 1. The highest BCUT2D eigenvalue weighted by Gasteiger charge is 2.44. The summed E-state index contributed by atoms with van der Waals surface area (Å²) in [4.78, 5) is 24.1. The number of benzene rings is 2. The average Bonchev–Trinajstić information content (AvgIpc) is 3.41. The minimum absolute atomic E-state index is 0.0910. The van der Waals surface area contributed by atoms with E-state index in [0.717, 1.165) is 62.9 Å². The lowest BCUT2D eigenvalue weighted by Gasteiger charge is -2.23. The summed E-state index contributed by atoms with van der Waals surface area (Å²) in [5, 5.41) is 23.4. The first-order valence-corrected chi connectivity index (χ1v) is 13.5. The van der Waals surface area contributed by atoms with Crippen LogP contribution in [0, 0.1) is 20.2 Å². The van der Waals surface area contributed by atoms with E-state index in [1.54, 1.807) is 24.3 Å². The molecule has 0 radical (unpaired) electrons. The van der Waals surface area contributed by atoms with Crippen molar-refractivity contribution in [1.82, 2.24) is 0 Å². The van der Waals surface area contributed by atoms with Crippen LogP contribution in [0.3, 0.4) is 0 Å². The van der Waals surface area contributed by atoms with Crippen LogP contribution in [0.1, 0.15) is 51.7 Å². The highest BCUT2D eigenvalue weighted by atomic mass is 35.5. The van der Waals surface area contributed by atoms with Crippen molar-refractivity contribution in [2.75, 3.05) is 19.0 Å². The van der Waals surface area contributed by atoms with Gasteiger partial charge in [-0.15, -0.1) is 0 Å². The van der Waals surface area contributed by atoms with Gasteiger partial charge in [0.1, 0.15) is 7.05 Å². The van der Waals surface area contributed by atoms with Crippen molar-refractivity contribution >= 4 is 40.1 Å². The number of nitrogens with zero attached hydrogens (tertiary/aromatic N) is 4. The second kappa shape index (κ2) is 9.55. The van der Waals surface area contributed by atoms with Gasteiger partial charge in [-0.25, -0.2) is 0 Å². The van der Waals surface area contributed by atoms with Gasteiger partial charge < -0.3 is 4.90 Å². The smallest absolute Gasteiger partial charge is 0.270 e. The van der Waals surface area contributed by atoms with Gasteiger partial charge in [0.15, 0.2) is 5.71 Å². The van der Waals surface area contributed by atoms with E-state index in [2.05, 4.69) is 61.5 Å². The zero-order valence-corrected chi connectivity index (χ0v) is 24.2. The van der Waals surface area contributed by atoms with Crippen LogP contribution in [0.5, 0.6) is 0 Å². The van der Waals surface area contributed by atoms with Crippen molar-refractivity contribution in [3.05, 3.63) is 114 Å². The summed E-state index contributed by atoms with van der Waals surface area (Å²) in [5.41, 5.74) is 7.34. The largest absolute Gasteiger partial charge is 0.347 e. The molecule has 0 N–H and O–H groups in total. The summed E-state index contributed by atoms with van der Waals surface area (Å²) in [5.74, 6) is 0. The maximum atomic E-state index is 11.3. The highest BCUT2D eigenvalue weighted by molar-refractivity contribution is 6.33. The summed E-state index contributed by atoms with van der Waals surface area (Å²) in [6.07, 6.45) is 9.89. The first kappa shape index (κ1) is 27.5. The lowest BCUT2D eigenvalue weighted by Crippen LogP contribution is -2.26. The molecule has 0 aromatic heterocycles. The first-order chi connectivity index (χ1) is 18.7. The van der Waals surface area contributed by atoms with Crippen molar-refractivity contribution in [1.29, 1.82) is 0 Å². The predicted octanol–water partition coefficient (Wildman–Crippen LogP) is 7.59. The van der Waals surface area contributed by atoms with E-state index >= 15 is 0 Å². The molecule has 1 aliphatic carbocycles. The Balaban J connectivity index is 1.42. The summed E-state index contributed by atoms with van der Waals surface area (Å²) in [6, 6.07) is 10.0. The van der Waals surface area contributed by atoms with Gasteiger partial charge in [0.05, 0.1) is 15.3 Å². The molecule has 40 heavy (non-hydrogen) atoms. The molecule has 0 atom stereocenters. The molecule has 0 saturated heterocycles. The van der Waals surface area contributed by atoms with Crippen LogP contribution < -0.4 is 4.90 Å². The van der Waals surface area contributed by atoms with Gasteiger partial charge in [-0.05, 0) is 55.5 Å². The third-order valence-corrected chi connectivity index (χ3v) is 9.05. The van der Waals surface area contributed by atoms with Crippen molar-refractivity contribution in [3.8, 4) is 0 Å². The van der Waals surface area contributed by atoms with E-state index in [9.17, 15) is 20.2 Å². The third-order valence-electron chi connectivity index (χ3n) is 8.57. The molecule has 0 fully saturated rings. The average molecular weight is 560 g/mol. The lowest BCUT2D eigenvalue weighted by molar-refractivity contribution is -0.402. The van der Waals surface area contributed by atoms with Crippen LogP contribution in [-0.4, -0.2) is 34.2 Å². The minimum Gasteiger partial charge on any atom is -0.347 e. The zero-order chi connectivity index (χ0) is 29.1. The van der Waals surface area contributed by atoms with Crippen LogP contribution in [0.2, 0.25) is 0 Å². The number of fused-ring (bicyclic) bond motifs is 2. The van der Waals surface area contributed by atoms with Crippen molar-refractivity contribution in [2.45, 2.75) is 51.4 Å². The number of nitro benzene ring substituents is 2. The highest BCUT2D eigenvalue weighted by Crippen LogP contribution is 2.48. The van der Waals surface area contributed by atoms with Gasteiger partial charge in [0, 0.05) is 70.9 Å². The fourth-order valence-electron chi connectivity index (χ4n) is 6.24. The predicted molar refractivity (Wildman–Crippen MR) is 159 cm³/mol. The van der Waals surface area contributed by atoms with Crippen LogP contribution in [0.4, 0.5) is 22.7 Å². The Morgan fingerprint density at radius 3 is 2.17 bits per heavy atom. The van der Waals surface area contributed by atoms with Crippen molar-refractivity contribution in [2.24, 2.45) is 0 Å².